The predicted molar refractivity (Wildman–Crippen MR) is 83.4 cm³/mol. The van der Waals surface area contributed by atoms with Crippen LogP contribution in [0.4, 0.5) is 0 Å². The van der Waals surface area contributed by atoms with E-state index in [-0.39, 0.29) is 5.91 Å². The van der Waals surface area contributed by atoms with Crippen molar-refractivity contribution in [3.8, 4) is 0 Å². The van der Waals surface area contributed by atoms with E-state index >= 15 is 0 Å². The van der Waals surface area contributed by atoms with Crippen LogP contribution < -0.4 is 11.1 Å². The van der Waals surface area contributed by atoms with Gasteiger partial charge in [0.15, 0.2) is 0 Å². The van der Waals surface area contributed by atoms with Crippen molar-refractivity contribution in [1.82, 2.24) is 5.32 Å². The summed E-state index contributed by atoms with van der Waals surface area (Å²) in [6, 6.07) is 12.1. The van der Waals surface area contributed by atoms with Crippen LogP contribution >= 0.6 is 11.3 Å². The molecule has 106 valence electrons. The van der Waals surface area contributed by atoms with Gasteiger partial charge in [-0.1, -0.05) is 30.3 Å². The molecule has 0 bridgehead atoms. The van der Waals surface area contributed by atoms with Gasteiger partial charge < -0.3 is 11.1 Å². The molecule has 0 radical (unpaired) electrons. The SMILES string of the molecule is NCc1ccccc1CNC(=O)CCCc1cccs1. The first-order valence-corrected chi connectivity index (χ1v) is 7.73. The first kappa shape index (κ1) is 14.8. The van der Waals surface area contributed by atoms with E-state index in [1.165, 1.54) is 4.88 Å². The molecule has 1 amide bonds. The fourth-order valence-corrected chi connectivity index (χ4v) is 2.84. The second kappa shape index (κ2) is 7.82. The molecule has 1 aromatic heterocycles. The van der Waals surface area contributed by atoms with Crippen molar-refractivity contribution in [2.45, 2.75) is 32.4 Å². The number of carbonyl (C=O) groups excluding carboxylic acids is 1. The van der Waals surface area contributed by atoms with Crippen molar-refractivity contribution < 1.29 is 4.79 Å². The molecule has 4 heteroatoms. The Morgan fingerprint density at radius 1 is 1.15 bits per heavy atom. The van der Waals surface area contributed by atoms with Crippen LogP contribution in [-0.4, -0.2) is 5.91 Å². The third-order valence-electron chi connectivity index (χ3n) is 3.22. The maximum Gasteiger partial charge on any atom is 0.220 e. The average molecular weight is 288 g/mol. The zero-order valence-electron chi connectivity index (χ0n) is 11.5. The van der Waals surface area contributed by atoms with E-state index in [9.17, 15) is 4.79 Å². The number of hydrogen-bond acceptors (Lipinski definition) is 3. The summed E-state index contributed by atoms with van der Waals surface area (Å²) in [4.78, 5) is 13.1. The van der Waals surface area contributed by atoms with Crippen LogP contribution in [-0.2, 0) is 24.3 Å². The summed E-state index contributed by atoms with van der Waals surface area (Å²) in [6.07, 6.45) is 2.44. The number of nitrogens with one attached hydrogen (secondary N) is 1. The number of thiophene rings is 1. The Morgan fingerprint density at radius 2 is 1.95 bits per heavy atom. The van der Waals surface area contributed by atoms with Crippen molar-refractivity contribution in [2.24, 2.45) is 5.73 Å². The normalized spacial score (nSPS) is 10.4. The van der Waals surface area contributed by atoms with E-state index in [4.69, 9.17) is 5.73 Å². The minimum absolute atomic E-state index is 0.105. The maximum atomic E-state index is 11.8. The molecule has 0 aliphatic rings. The van der Waals surface area contributed by atoms with Gasteiger partial charge in [0, 0.05) is 24.4 Å². The van der Waals surface area contributed by atoms with Crippen molar-refractivity contribution in [2.75, 3.05) is 0 Å². The van der Waals surface area contributed by atoms with Crippen molar-refractivity contribution in [3.05, 3.63) is 57.8 Å². The molecule has 2 aromatic rings. The Morgan fingerprint density at radius 3 is 2.65 bits per heavy atom. The Hall–Kier alpha value is -1.65. The van der Waals surface area contributed by atoms with Crippen LogP contribution in [0.25, 0.3) is 0 Å². The van der Waals surface area contributed by atoms with Gasteiger partial charge in [-0.2, -0.15) is 0 Å². The van der Waals surface area contributed by atoms with E-state index in [1.54, 1.807) is 11.3 Å². The molecule has 0 unspecified atom stereocenters. The molecular weight excluding hydrogens is 268 g/mol. The first-order valence-electron chi connectivity index (χ1n) is 6.85. The smallest absolute Gasteiger partial charge is 0.220 e. The summed E-state index contributed by atoms with van der Waals surface area (Å²) in [5, 5.41) is 5.03. The minimum Gasteiger partial charge on any atom is -0.352 e. The molecule has 0 aliphatic heterocycles. The number of rotatable bonds is 7. The van der Waals surface area contributed by atoms with Gasteiger partial charge in [0.25, 0.3) is 0 Å². The van der Waals surface area contributed by atoms with Gasteiger partial charge in [-0.15, -0.1) is 11.3 Å². The molecule has 1 heterocycles. The first-order chi connectivity index (χ1) is 9.79. The van der Waals surface area contributed by atoms with Gasteiger partial charge in [0.1, 0.15) is 0 Å². The van der Waals surface area contributed by atoms with Crippen LogP contribution in [0, 0.1) is 0 Å². The highest BCUT2D eigenvalue weighted by atomic mass is 32.1. The Labute approximate surface area is 123 Å². The highest BCUT2D eigenvalue weighted by Crippen LogP contribution is 2.12. The summed E-state index contributed by atoms with van der Waals surface area (Å²) in [5.74, 6) is 0.105. The molecule has 0 spiro atoms. The number of aryl methyl sites for hydroxylation is 1. The van der Waals surface area contributed by atoms with Crippen LogP contribution in [0.15, 0.2) is 41.8 Å². The zero-order valence-corrected chi connectivity index (χ0v) is 12.3. The zero-order chi connectivity index (χ0) is 14.2. The minimum atomic E-state index is 0.105. The molecule has 1 aromatic carbocycles. The Balaban J connectivity index is 1.72. The van der Waals surface area contributed by atoms with Crippen molar-refractivity contribution in [3.63, 3.8) is 0 Å². The van der Waals surface area contributed by atoms with E-state index in [0.29, 0.717) is 19.5 Å². The van der Waals surface area contributed by atoms with Gasteiger partial charge in [-0.05, 0) is 35.4 Å². The Kier molecular flexibility index (Phi) is 5.77. The molecule has 0 saturated carbocycles. The highest BCUT2D eigenvalue weighted by Gasteiger charge is 2.04. The molecule has 0 saturated heterocycles. The van der Waals surface area contributed by atoms with E-state index < -0.39 is 0 Å². The monoisotopic (exact) mass is 288 g/mol. The van der Waals surface area contributed by atoms with E-state index in [0.717, 1.165) is 24.0 Å². The fourth-order valence-electron chi connectivity index (χ4n) is 2.09. The topological polar surface area (TPSA) is 55.1 Å². The number of hydrogen-bond donors (Lipinski definition) is 2. The summed E-state index contributed by atoms with van der Waals surface area (Å²) in [5.41, 5.74) is 7.87. The molecule has 3 N–H and O–H groups in total. The van der Waals surface area contributed by atoms with E-state index in [1.807, 2.05) is 30.3 Å². The van der Waals surface area contributed by atoms with E-state index in [2.05, 4.69) is 16.8 Å². The van der Waals surface area contributed by atoms with Crippen LogP contribution in [0.5, 0.6) is 0 Å². The van der Waals surface area contributed by atoms with Gasteiger partial charge in [0.2, 0.25) is 5.91 Å². The second-order valence-corrected chi connectivity index (χ2v) is 5.71. The predicted octanol–water partition coefficient (Wildman–Crippen LogP) is 2.85. The average Bonchev–Trinajstić information content (AvgIpc) is 2.98. The highest BCUT2D eigenvalue weighted by molar-refractivity contribution is 7.09. The van der Waals surface area contributed by atoms with Gasteiger partial charge in [-0.3, -0.25) is 4.79 Å². The van der Waals surface area contributed by atoms with Gasteiger partial charge >= 0.3 is 0 Å². The standard InChI is InChI=1S/C16H20N2OS/c17-11-13-5-1-2-6-14(13)12-18-16(19)9-3-7-15-8-4-10-20-15/h1-2,4-6,8,10H,3,7,9,11-12,17H2,(H,18,19). The summed E-state index contributed by atoms with van der Waals surface area (Å²) in [6.45, 7) is 1.07. The largest absolute Gasteiger partial charge is 0.352 e. The number of nitrogens with two attached hydrogens (primary N) is 1. The van der Waals surface area contributed by atoms with Gasteiger partial charge in [-0.25, -0.2) is 0 Å². The second-order valence-electron chi connectivity index (χ2n) is 4.68. The van der Waals surface area contributed by atoms with Crippen molar-refractivity contribution >= 4 is 17.2 Å². The quantitative estimate of drug-likeness (QED) is 0.823. The molecule has 20 heavy (non-hydrogen) atoms. The number of carbonyl (C=O) groups is 1. The van der Waals surface area contributed by atoms with Crippen LogP contribution in [0.1, 0.15) is 28.8 Å². The lowest BCUT2D eigenvalue weighted by atomic mass is 10.1. The molecule has 0 fully saturated rings. The van der Waals surface area contributed by atoms with Crippen LogP contribution in [0.2, 0.25) is 0 Å². The van der Waals surface area contributed by atoms with Crippen LogP contribution in [0.3, 0.4) is 0 Å². The summed E-state index contributed by atoms with van der Waals surface area (Å²) < 4.78 is 0. The molecule has 2 rings (SSSR count). The summed E-state index contributed by atoms with van der Waals surface area (Å²) >= 11 is 1.74. The molecular formula is C16H20N2OS. The lowest BCUT2D eigenvalue weighted by Gasteiger charge is -2.09. The fraction of sp³-hybridized carbons (Fsp3) is 0.312. The Bertz CT molecular complexity index is 537. The molecule has 0 aliphatic carbocycles. The number of benzene rings is 1. The molecule has 0 atom stereocenters. The number of amides is 1. The lowest BCUT2D eigenvalue weighted by molar-refractivity contribution is -0.121. The third-order valence-corrected chi connectivity index (χ3v) is 4.16. The molecule has 3 nitrogen and oxygen atoms in total. The lowest BCUT2D eigenvalue weighted by Crippen LogP contribution is -2.23. The van der Waals surface area contributed by atoms with Crippen molar-refractivity contribution in [1.29, 1.82) is 0 Å². The van der Waals surface area contributed by atoms with Gasteiger partial charge in [0.05, 0.1) is 0 Å². The third kappa shape index (κ3) is 4.47. The maximum absolute atomic E-state index is 11.8. The summed E-state index contributed by atoms with van der Waals surface area (Å²) in [7, 11) is 0.